The molecule has 312 valence electrons. The number of nitrogens with one attached hydrogen (secondary N) is 3. The number of carboxylic acid groups (broad SMARTS) is 1. The summed E-state index contributed by atoms with van der Waals surface area (Å²) in [6.07, 6.45) is 0. The van der Waals surface area contributed by atoms with Crippen LogP contribution in [-0.4, -0.2) is 146 Å². The van der Waals surface area contributed by atoms with Crippen LogP contribution < -0.4 is 21.7 Å². The van der Waals surface area contributed by atoms with Gasteiger partial charge in [-0.1, -0.05) is 10.3 Å². The number of hydrogen-bond acceptors (Lipinski definition) is 21. The predicted molar refractivity (Wildman–Crippen MR) is 209 cm³/mol. The lowest BCUT2D eigenvalue weighted by Gasteiger charge is -2.49. The van der Waals surface area contributed by atoms with E-state index >= 15 is 0 Å². The van der Waals surface area contributed by atoms with Crippen molar-refractivity contribution >= 4 is 115 Å². The second kappa shape index (κ2) is 17.8. The number of esters is 2. The molecule has 5 amide bonds. The van der Waals surface area contributed by atoms with Gasteiger partial charge in [-0.15, -0.1) is 46.2 Å². The first kappa shape index (κ1) is 42.5. The summed E-state index contributed by atoms with van der Waals surface area (Å²) in [6.45, 7) is 1.70. The van der Waals surface area contributed by atoms with E-state index in [2.05, 4.69) is 36.2 Å². The lowest BCUT2D eigenvalue weighted by molar-refractivity contribution is -0.150. The average molecular weight is 893 g/mol. The number of hydrogen-bond donors (Lipinski definition) is 5. The van der Waals surface area contributed by atoms with E-state index in [1.165, 1.54) is 50.6 Å². The van der Waals surface area contributed by atoms with Crippen molar-refractivity contribution in [1.82, 2.24) is 30.4 Å². The molecule has 4 aliphatic heterocycles. The smallest absolute Gasteiger partial charge is 0.352 e. The van der Waals surface area contributed by atoms with Crippen LogP contribution in [0.4, 0.5) is 10.3 Å². The second-order valence-electron chi connectivity index (χ2n) is 12.3. The summed E-state index contributed by atoms with van der Waals surface area (Å²) in [6, 6.07) is -2.26. The van der Waals surface area contributed by atoms with Crippen LogP contribution >= 0.6 is 46.2 Å². The van der Waals surface area contributed by atoms with Crippen LogP contribution in [0.1, 0.15) is 25.2 Å². The Labute approximate surface area is 348 Å². The van der Waals surface area contributed by atoms with Crippen molar-refractivity contribution in [3.8, 4) is 0 Å². The van der Waals surface area contributed by atoms with Crippen molar-refractivity contribution < 1.29 is 62.6 Å². The monoisotopic (exact) mass is 892 g/mol. The number of carbonyl (C=O) groups is 8. The molecule has 0 saturated carbocycles. The molecule has 6 rings (SSSR count). The van der Waals surface area contributed by atoms with E-state index in [1.54, 1.807) is 0 Å². The van der Waals surface area contributed by atoms with E-state index in [1.807, 2.05) is 0 Å². The van der Waals surface area contributed by atoms with Gasteiger partial charge in [-0.2, -0.15) is 0 Å². The lowest BCUT2D eigenvalue weighted by atomic mass is 10.0. The summed E-state index contributed by atoms with van der Waals surface area (Å²) >= 11 is 4.31. The van der Waals surface area contributed by atoms with Crippen LogP contribution in [0.2, 0.25) is 0 Å². The summed E-state index contributed by atoms with van der Waals surface area (Å²) in [5.74, 6) is -6.34. The van der Waals surface area contributed by atoms with E-state index < -0.39 is 76.0 Å². The zero-order valence-corrected chi connectivity index (χ0v) is 34.3. The van der Waals surface area contributed by atoms with Gasteiger partial charge in [0.2, 0.25) is 0 Å². The third kappa shape index (κ3) is 8.71. The van der Waals surface area contributed by atoms with Gasteiger partial charge < -0.3 is 40.6 Å². The number of nitrogens with zero attached hydrogens (tertiary/aromatic N) is 6. The van der Waals surface area contributed by atoms with Crippen LogP contribution in [0.25, 0.3) is 0 Å². The molecule has 6 heterocycles. The van der Waals surface area contributed by atoms with Crippen molar-refractivity contribution in [2.45, 2.75) is 36.7 Å². The number of fused-ring (bicyclic) bond motifs is 2. The maximum atomic E-state index is 13.9. The Balaban J connectivity index is 1.16. The van der Waals surface area contributed by atoms with Gasteiger partial charge in [-0.25, -0.2) is 14.8 Å². The fourth-order valence-corrected chi connectivity index (χ4v) is 9.88. The minimum atomic E-state index is -1.41. The number of rotatable bonds is 15. The molecular weight excluding hydrogens is 861 g/mol. The Kier molecular flexibility index (Phi) is 12.9. The largest absolute Gasteiger partial charge is 0.477 e. The number of aromatic nitrogens is 2. The minimum absolute atomic E-state index is 0.0539. The highest BCUT2D eigenvalue weighted by Crippen LogP contribution is 2.42. The van der Waals surface area contributed by atoms with Gasteiger partial charge in [0, 0.05) is 47.3 Å². The molecule has 0 radical (unpaired) electrons. The van der Waals surface area contributed by atoms with E-state index in [-0.39, 0.29) is 74.6 Å². The fraction of sp³-hybridized carbons (Fsp3) is 0.375. The molecule has 0 aromatic carbocycles. The highest BCUT2D eigenvalue weighted by atomic mass is 32.2. The molecule has 59 heavy (non-hydrogen) atoms. The van der Waals surface area contributed by atoms with E-state index in [0.29, 0.717) is 0 Å². The molecular formula is C32H32N10O13S4. The van der Waals surface area contributed by atoms with Gasteiger partial charge in [0.1, 0.15) is 73.0 Å². The van der Waals surface area contributed by atoms with Crippen LogP contribution in [0.5, 0.6) is 0 Å². The summed E-state index contributed by atoms with van der Waals surface area (Å²) in [5.41, 5.74) is 5.15. The van der Waals surface area contributed by atoms with Gasteiger partial charge in [-0.3, -0.25) is 48.7 Å². The Morgan fingerprint density at radius 3 is 1.73 bits per heavy atom. The number of thiazole rings is 2. The first-order valence-electron chi connectivity index (χ1n) is 16.8. The van der Waals surface area contributed by atoms with Crippen molar-refractivity contribution in [2.75, 3.05) is 50.0 Å². The molecule has 27 heteroatoms. The van der Waals surface area contributed by atoms with Crippen LogP contribution in [0, 0.1) is 0 Å². The fourth-order valence-electron chi connectivity index (χ4n) is 5.99. The second-order valence-corrected chi connectivity index (χ2v) is 16.3. The van der Waals surface area contributed by atoms with Crippen molar-refractivity contribution in [2.24, 2.45) is 10.3 Å². The zero-order chi connectivity index (χ0) is 42.7. The third-order valence-corrected chi connectivity index (χ3v) is 12.6. The molecule has 4 atom stereocenters. The minimum Gasteiger partial charge on any atom is -0.477 e. The number of ether oxygens (including phenoxy) is 2. The van der Waals surface area contributed by atoms with Gasteiger partial charge in [0.15, 0.2) is 21.7 Å². The standard InChI is InChI=1S/C32H32N10O13S4/c1-11(43)54-5-13-7-56-28-19(36-23(45)17(39-52-3)15-9-58-31(33)34-15)26(48)41(28)21(13)25(47)38-32-35-16(10-59-32)18(40-53-4)24(46)37-20-27(49)42-22(30(50)51)14(6-55-12(2)44)8-57-29(20)42/h9-10,19-20,28-29H,5-8H2,1-4H3,(H2,33,34)(H,36,45)(H,37,46)(H,50,51)(H,35,38,47)/b39-17-,40-18-/t19-,20-,28-,29-/m1/s1. The number of β-lactam (4-membered cyclic amide) rings is 2. The number of anilines is 2. The summed E-state index contributed by atoms with van der Waals surface area (Å²) in [5, 5.41) is 26.5. The molecule has 0 spiro atoms. The Bertz CT molecular complexity index is 2270. The molecule has 2 saturated heterocycles. The molecule has 0 aliphatic carbocycles. The first-order valence-corrected chi connectivity index (χ1v) is 20.7. The number of nitrogens with two attached hydrogens (primary N) is 1. The van der Waals surface area contributed by atoms with E-state index in [4.69, 9.17) is 24.9 Å². The van der Waals surface area contributed by atoms with Crippen LogP contribution in [0.15, 0.2) is 43.6 Å². The van der Waals surface area contributed by atoms with Gasteiger partial charge >= 0.3 is 17.9 Å². The van der Waals surface area contributed by atoms with Gasteiger partial charge in [-0.05, 0) is 0 Å². The summed E-state index contributed by atoms with van der Waals surface area (Å²) < 4.78 is 10.1. The van der Waals surface area contributed by atoms with E-state index in [0.717, 1.165) is 44.2 Å². The quantitative estimate of drug-likeness (QED) is 0.0622. The van der Waals surface area contributed by atoms with Gasteiger partial charge in [0.05, 0.1) is 0 Å². The Hall–Kier alpha value is -6.06. The summed E-state index contributed by atoms with van der Waals surface area (Å²) in [7, 11) is 2.39. The number of nitrogen functional groups attached to an aromatic ring is 1. The van der Waals surface area contributed by atoms with Crippen molar-refractivity contribution in [1.29, 1.82) is 0 Å². The topological polar surface area (TPSA) is 313 Å². The highest BCUT2D eigenvalue weighted by molar-refractivity contribution is 8.00. The lowest BCUT2D eigenvalue weighted by Crippen LogP contribution is -2.71. The first-order chi connectivity index (χ1) is 28.1. The Morgan fingerprint density at radius 1 is 0.797 bits per heavy atom. The number of amides is 5. The third-order valence-electron chi connectivity index (χ3n) is 8.51. The average Bonchev–Trinajstić information content (AvgIpc) is 3.85. The molecule has 0 bridgehead atoms. The number of carboxylic acids is 1. The molecule has 23 nitrogen and oxygen atoms in total. The molecule has 2 fully saturated rings. The number of oxime groups is 2. The zero-order valence-electron chi connectivity index (χ0n) is 31.0. The molecule has 6 N–H and O–H groups in total. The Morgan fingerprint density at radius 2 is 1.27 bits per heavy atom. The molecule has 2 aromatic heterocycles. The number of carbonyl (C=O) groups excluding carboxylic acids is 7. The number of aliphatic carboxylic acids is 1. The van der Waals surface area contributed by atoms with E-state index in [9.17, 15) is 43.5 Å². The highest BCUT2D eigenvalue weighted by Gasteiger charge is 2.56. The van der Waals surface area contributed by atoms with Gasteiger partial charge in [0.25, 0.3) is 29.5 Å². The predicted octanol–water partition coefficient (Wildman–Crippen LogP) is -0.960. The normalized spacial score (nSPS) is 21.4. The maximum Gasteiger partial charge on any atom is 0.352 e. The molecule has 4 aliphatic rings. The van der Waals surface area contributed by atoms with Crippen molar-refractivity contribution in [3.05, 3.63) is 44.7 Å². The van der Waals surface area contributed by atoms with Crippen LogP contribution in [0.3, 0.4) is 0 Å². The molecule has 0 unspecified atom stereocenters. The maximum absolute atomic E-state index is 13.9. The number of thioether (sulfide) groups is 2. The molecule has 2 aromatic rings. The summed E-state index contributed by atoms with van der Waals surface area (Å²) in [4.78, 5) is 123. The SMILES string of the molecule is CO/N=C(\C(=O)N[C@@H]1C(=O)N2C(C(=O)O)=C(COC(C)=O)CS[C@H]12)c1csc(NC(=O)C2=C(COC(C)=O)CS[C@@H]3[C@H](NC(=O)/C(=N\OC)c4csc(N)n4)C(=O)N23)n1. The van der Waals surface area contributed by atoms with Crippen LogP contribution in [-0.2, 0) is 57.5 Å². The van der Waals surface area contributed by atoms with Crippen molar-refractivity contribution in [3.63, 3.8) is 0 Å².